The van der Waals surface area contributed by atoms with Gasteiger partial charge in [0.15, 0.2) is 12.4 Å². The molecule has 0 saturated heterocycles. The molecule has 0 bridgehead atoms. The maximum Gasteiger partial charge on any atom is 0.258 e. The molecule has 0 saturated carbocycles. The van der Waals surface area contributed by atoms with E-state index in [1.165, 1.54) is 7.05 Å². The summed E-state index contributed by atoms with van der Waals surface area (Å²) in [7, 11) is 1.53. The first-order valence-corrected chi connectivity index (χ1v) is 8.76. The molecule has 2 amide bonds. The lowest BCUT2D eigenvalue weighted by Gasteiger charge is -2.20. The van der Waals surface area contributed by atoms with Crippen LogP contribution in [0.5, 0.6) is 5.75 Å². The third kappa shape index (κ3) is 5.67. The maximum absolute atomic E-state index is 12.4. The Morgan fingerprint density at radius 2 is 1.52 bits per heavy atom. The maximum atomic E-state index is 12.4. The Morgan fingerprint density at radius 3 is 2.07 bits per heavy atom. The van der Waals surface area contributed by atoms with Gasteiger partial charge in [0.25, 0.3) is 5.91 Å². The van der Waals surface area contributed by atoms with Crippen LogP contribution in [0.25, 0.3) is 0 Å². The minimum absolute atomic E-state index is 0.0443. The van der Waals surface area contributed by atoms with E-state index in [-0.39, 0.29) is 30.1 Å². The zero-order chi connectivity index (χ0) is 19.8. The number of amides is 2. The molecule has 2 aromatic rings. The first-order valence-electron chi connectivity index (χ1n) is 8.76. The van der Waals surface area contributed by atoms with Crippen LogP contribution < -0.4 is 15.4 Å². The van der Waals surface area contributed by atoms with Crippen molar-refractivity contribution in [2.24, 2.45) is 5.92 Å². The van der Waals surface area contributed by atoms with E-state index in [1.54, 1.807) is 36.4 Å². The van der Waals surface area contributed by atoms with Gasteiger partial charge in [0.05, 0.1) is 0 Å². The van der Waals surface area contributed by atoms with Gasteiger partial charge in [-0.1, -0.05) is 44.2 Å². The summed E-state index contributed by atoms with van der Waals surface area (Å²) < 4.78 is 5.45. The molecule has 0 unspecified atom stereocenters. The van der Waals surface area contributed by atoms with Crippen molar-refractivity contribution in [2.75, 3.05) is 13.7 Å². The Hall–Kier alpha value is -3.15. The molecule has 0 fully saturated rings. The minimum Gasteiger partial charge on any atom is -0.484 e. The lowest BCUT2D eigenvalue weighted by atomic mass is 10.0. The van der Waals surface area contributed by atoms with Gasteiger partial charge in [-0.25, -0.2) is 0 Å². The molecule has 0 aliphatic carbocycles. The highest BCUT2D eigenvalue weighted by Gasteiger charge is 2.23. The smallest absolute Gasteiger partial charge is 0.258 e. The van der Waals surface area contributed by atoms with Crippen LogP contribution in [0.1, 0.15) is 29.8 Å². The van der Waals surface area contributed by atoms with E-state index in [9.17, 15) is 14.4 Å². The molecule has 0 aliphatic heterocycles. The predicted molar refractivity (Wildman–Crippen MR) is 103 cm³/mol. The third-order valence-corrected chi connectivity index (χ3v) is 4.03. The molecule has 27 heavy (non-hydrogen) atoms. The Labute approximate surface area is 158 Å². The van der Waals surface area contributed by atoms with Crippen LogP contribution in [0.15, 0.2) is 54.6 Å². The van der Waals surface area contributed by atoms with Crippen LogP contribution >= 0.6 is 0 Å². The highest BCUT2D eigenvalue weighted by molar-refractivity contribution is 6.09. The van der Waals surface area contributed by atoms with Crippen molar-refractivity contribution in [3.8, 4) is 5.75 Å². The number of ketones is 1. The molecule has 2 rings (SSSR count). The highest BCUT2D eigenvalue weighted by Crippen LogP contribution is 2.15. The van der Waals surface area contributed by atoms with Crippen molar-refractivity contribution in [1.82, 2.24) is 10.6 Å². The number of benzene rings is 2. The van der Waals surface area contributed by atoms with Crippen LogP contribution in [0.4, 0.5) is 0 Å². The zero-order valence-corrected chi connectivity index (χ0v) is 15.7. The van der Waals surface area contributed by atoms with Crippen LogP contribution in [0, 0.1) is 5.92 Å². The predicted octanol–water partition coefficient (Wildman–Crippen LogP) is 2.18. The topological polar surface area (TPSA) is 84.5 Å². The summed E-state index contributed by atoms with van der Waals surface area (Å²) >= 11 is 0. The minimum atomic E-state index is -0.614. The van der Waals surface area contributed by atoms with Gasteiger partial charge < -0.3 is 15.4 Å². The normalized spacial score (nSPS) is 11.6. The van der Waals surface area contributed by atoms with Gasteiger partial charge in [0.1, 0.15) is 11.8 Å². The number of hydrogen-bond donors (Lipinski definition) is 2. The van der Waals surface area contributed by atoms with Crippen molar-refractivity contribution in [2.45, 2.75) is 19.9 Å². The average molecular weight is 368 g/mol. The molecule has 6 heteroatoms. The molecule has 0 aliphatic rings. The third-order valence-electron chi connectivity index (χ3n) is 4.03. The van der Waals surface area contributed by atoms with Crippen molar-refractivity contribution in [3.05, 3.63) is 65.7 Å². The number of likely N-dealkylation sites (N-methyl/N-ethyl adjacent to an activating group) is 1. The fourth-order valence-electron chi connectivity index (χ4n) is 2.51. The summed E-state index contributed by atoms with van der Waals surface area (Å²) in [5, 5.41) is 5.19. The standard InChI is InChI=1S/C21H24N2O4/c1-14(2)19(21(26)22-3)23-18(24)13-27-17-11-9-16(10-12-17)20(25)15-7-5-4-6-8-15/h4-12,14,19H,13H2,1-3H3,(H,22,26)(H,23,24)/t19-/m0/s1. The highest BCUT2D eigenvalue weighted by atomic mass is 16.5. The van der Waals surface area contributed by atoms with Gasteiger partial charge in [-0.05, 0) is 30.2 Å². The van der Waals surface area contributed by atoms with Gasteiger partial charge in [0, 0.05) is 18.2 Å². The number of ether oxygens (including phenoxy) is 1. The number of nitrogens with one attached hydrogen (secondary N) is 2. The summed E-state index contributed by atoms with van der Waals surface area (Å²) in [6.45, 7) is 3.49. The van der Waals surface area contributed by atoms with E-state index in [4.69, 9.17) is 4.74 Å². The molecule has 2 aromatic carbocycles. The van der Waals surface area contributed by atoms with Gasteiger partial charge in [-0.2, -0.15) is 0 Å². The Kier molecular flexibility index (Phi) is 7.11. The first kappa shape index (κ1) is 20.2. The number of carbonyl (C=O) groups is 3. The number of carbonyl (C=O) groups excluding carboxylic acids is 3. The molecule has 6 nitrogen and oxygen atoms in total. The van der Waals surface area contributed by atoms with E-state index in [0.29, 0.717) is 16.9 Å². The lowest BCUT2D eigenvalue weighted by molar-refractivity contribution is -0.130. The van der Waals surface area contributed by atoms with E-state index in [2.05, 4.69) is 10.6 Å². The van der Waals surface area contributed by atoms with E-state index in [1.807, 2.05) is 32.0 Å². The van der Waals surface area contributed by atoms with Crippen LogP contribution in [-0.2, 0) is 9.59 Å². The molecule has 0 aromatic heterocycles. The quantitative estimate of drug-likeness (QED) is 0.700. The molecule has 0 spiro atoms. The summed E-state index contributed by atoms with van der Waals surface area (Å²) in [6, 6.07) is 15.0. The number of rotatable bonds is 8. The van der Waals surface area contributed by atoms with Crippen LogP contribution in [0.3, 0.4) is 0 Å². The van der Waals surface area contributed by atoms with Crippen molar-refractivity contribution in [3.63, 3.8) is 0 Å². The fraction of sp³-hybridized carbons (Fsp3) is 0.286. The van der Waals surface area contributed by atoms with Gasteiger partial charge in [-0.15, -0.1) is 0 Å². The molecule has 142 valence electrons. The van der Waals surface area contributed by atoms with Crippen molar-refractivity contribution in [1.29, 1.82) is 0 Å². The Balaban J connectivity index is 1.92. The second-order valence-corrected chi connectivity index (χ2v) is 6.41. The SMILES string of the molecule is CNC(=O)[C@@H](NC(=O)COc1ccc(C(=O)c2ccccc2)cc1)C(C)C. The molecule has 2 N–H and O–H groups in total. The second kappa shape index (κ2) is 9.52. The van der Waals surface area contributed by atoms with Gasteiger partial charge in [-0.3, -0.25) is 14.4 Å². The molecule has 0 radical (unpaired) electrons. The molecular weight excluding hydrogens is 344 g/mol. The monoisotopic (exact) mass is 368 g/mol. The fourth-order valence-corrected chi connectivity index (χ4v) is 2.51. The van der Waals surface area contributed by atoms with Crippen LogP contribution in [0.2, 0.25) is 0 Å². The van der Waals surface area contributed by atoms with Crippen molar-refractivity contribution >= 4 is 17.6 Å². The summed E-state index contributed by atoms with van der Waals surface area (Å²) in [5.74, 6) is -0.290. The Bertz CT molecular complexity index is 786. The number of hydrogen-bond acceptors (Lipinski definition) is 4. The second-order valence-electron chi connectivity index (χ2n) is 6.41. The van der Waals surface area contributed by atoms with E-state index in [0.717, 1.165) is 0 Å². The molecule has 0 heterocycles. The van der Waals surface area contributed by atoms with Gasteiger partial charge >= 0.3 is 0 Å². The molecule has 1 atom stereocenters. The van der Waals surface area contributed by atoms with Crippen molar-refractivity contribution < 1.29 is 19.1 Å². The first-order chi connectivity index (χ1) is 12.9. The largest absolute Gasteiger partial charge is 0.484 e. The van der Waals surface area contributed by atoms with E-state index >= 15 is 0 Å². The summed E-state index contributed by atoms with van der Waals surface area (Å²) in [4.78, 5) is 36.2. The Morgan fingerprint density at radius 1 is 0.926 bits per heavy atom. The zero-order valence-electron chi connectivity index (χ0n) is 15.7. The van der Waals surface area contributed by atoms with E-state index < -0.39 is 6.04 Å². The summed E-state index contributed by atoms with van der Waals surface area (Å²) in [6.07, 6.45) is 0. The molecular formula is C21H24N2O4. The summed E-state index contributed by atoms with van der Waals surface area (Å²) in [5.41, 5.74) is 1.15. The van der Waals surface area contributed by atoms with Gasteiger partial charge in [0.2, 0.25) is 5.91 Å². The van der Waals surface area contributed by atoms with Crippen LogP contribution in [-0.4, -0.2) is 37.3 Å². The lowest BCUT2D eigenvalue weighted by Crippen LogP contribution is -2.50. The average Bonchev–Trinajstić information content (AvgIpc) is 2.70.